The molecule has 17 nitrogen and oxygen atoms in total. The zero-order valence-corrected chi connectivity index (χ0v) is 63.2. The van der Waals surface area contributed by atoms with E-state index in [9.17, 15) is 43.2 Å². The van der Waals surface area contributed by atoms with Gasteiger partial charge >= 0.3 is 39.5 Å². The van der Waals surface area contributed by atoms with Gasteiger partial charge in [0.25, 0.3) is 0 Å². The molecule has 19 heteroatoms. The minimum Gasteiger partial charge on any atom is -0.462 e. The Kier molecular flexibility index (Phi) is 64.3. The van der Waals surface area contributed by atoms with Crippen molar-refractivity contribution in [1.29, 1.82) is 0 Å². The number of carbonyl (C=O) groups excluding carboxylic acids is 4. The highest BCUT2D eigenvalue weighted by Gasteiger charge is 2.30. The number of aliphatic hydroxyl groups excluding tert-OH is 1. The van der Waals surface area contributed by atoms with Crippen LogP contribution in [0.4, 0.5) is 0 Å². The van der Waals surface area contributed by atoms with E-state index in [0.29, 0.717) is 25.7 Å². The molecule has 0 amide bonds. The quantitative estimate of drug-likeness (QED) is 0.0222. The minimum absolute atomic E-state index is 0.104. The average molecular weight is 1380 g/mol. The summed E-state index contributed by atoms with van der Waals surface area (Å²) in [6, 6.07) is 0. The van der Waals surface area contributed by atoms with Gasteiger partial charge in [-0.2, -0.15) is 0 Å². The number of unbranched alkanes of at least 4 members (excludes halogenated alkanes) is 39. The van der Waals surface area contributed by atoms with Crippen LogP contribution in [0.3, 0.4) is 0 Å². The number of hydrogen-bond acceptors (Lipinski definition) is 15. The maximum Gasteiger partial charge on any atom is 0.472 e. The third-order valence-corrected chi connectivity index (χ3v) is 20.0. The van der Waals surface area contributed by atoms with Gasteiger partial charge in [0.15, 0.2) is 12.2 Å². The molecule has 3 N–H and O–H groups in total. The largest absolute Gasteiger partial charge is 0.472 e. The maximum absolute atomic E-state index is 13.1. The molecule has 0 spiro atoms. The van der Waals surface area contributed by atoms with E-state index in [1.807, 2.05) is 0 Å². The summed E-state index contributed by atoms with van der Waals surface area (Å²) in [6.45, 7) is 11.9. The molecule has 0 saturated carbocycles. The summed E-state index contributed by atoms with van der Waals surface area (Å²) in [5, 5.41) is 10.6. The van der Waals surface area contributed by atoms with E-state index in [-0.39, 0.29) is 25.7 Å². The molecule has 558 valence electrons. The molecule has 0 rings (SSSR count). The van der Waals surface area contributed by atoms with Gasteiger partial charge in [-0.25, -0.2) is 9.13 Å². The first-order valence-electron chi connectivity index (χ1n) is 38.9. The third kappa shape index (κ3) is 66.0. The lowest BCUT2D eigenvalue weighted by molar-refractivity contribution is -0.161. The van der Waals surface area contributed by atoms with Gasteiger partial charge in [-0.15, -0.1) is 0 Å². The molecule has 0 aliphatic rings. The van der Waals surface area contributed by atoms with Crippen molar-refractivity contribution in [2.75, 3.05) is 39.6 Å². The predicted octanol–water partition coefficient (Wildman–Crippen LogP) is 21.8. The number of phosphoric ester groups is 2. The average Bonchev–Trinajstić information content (AvgIpc) is 1.19. The van der Waals surface area contributed by atoms with Crippen LogP contribution in [0, 0.1) is 17.8 Å². The van der Waals surface area contributed by atoms with Gasteiger partial charge in [0.05, 0.1) is 26.4 Å². The van der Waals surface area contributed by atoms with Gasteiger partial charge in [-0.05, 0) is 43.4 Å². The molecule has 0 bridgehead atoms. The molecule has 0 saturated heterocycles. The van der Waals surface area contributed by atoms with Gasteiger partial charge in [0.1, 0.15) is 19.3 Å². The SMILES string of the molecule is CCCCCCCCCCCCCCCCCCCCC(=O)O[C@H](COC(=O)CCCCCCCCCCCCCC(C)C)COP(=O)(O)OC[C@@H](O)COP(=O)(O)OC[C@@H](COC(=O)CCCCCCCCC(C)CC)OC(=O)CCCCCCCCCCC(C)CC. The molecular formula is C75H146O17P2. The number of carbonyl (C=O) groups is 4. The fourth-order valence-corrected chi connectivity index (χ4v) is 12.9. The number of phosphoric acid groups is 2. The van der Waals surface area contributed by atoms with Gasteiger partial charge < -0.3 is 33.8 Å². The summed E-state index contributed by atoms with van der Waals surface area (Å²) in [5.41, 5.74) is 0. The standard InChI is InChI=1S/C75H146O17P2/c1-8-11-12-13-14-15-16-17-18-19-20-21-22-25-29-35-44-51-58-74(79)91-70(62-85-72(77)56-49-42-34-28-26-23-24-27-32-39-46-53-66(4)5)64-89-93(81,82)87-60-69(76)61-88-94(83,84)90-65-71(63-86-73(78)57-50-43-38-37-41-48-55-68(7)10-3)92-75(80)59-52-45-36-31-30-33-40-47-54-67(6)9-2/h66-71,76H,8-65H2,1-7H3,(H,81,82)(H,83,84)/t67?,68?,69-,70-,71-/m1/s1. The second-order valence-corrected chi connectivity index (χ2v) is 30.9. The summed E-state index contributed by atoms with van der Waals surface area (Å²) in [7, 11) is -9.91. The summed E-state index contributed by atoms with van der Waals surface area (Å²) in [4.78, 5) is 72.8. The summed E-state index contributed by atoms with van der Waals surface area (Å²) < 4.78 is 68.5. The molecule has 0 aliphatic heterocycles. The van der Waals surface area contributed by atoms with Crippen LogP contribution in [-0.4, -0.2) is 96.7 Å². The first-order chi connectivity index (χ1) is 45.3. The monoisotopic (exact) mass is 1380 g/mol. The summed E-state index contributed by atoms with van der Waals surface area (Å²) >= 11 is 0. The molecule has 94 heavy (non-hydrogen) atoms. The first kappa shape index (κ1) is 92.1. The fourth-order valence-electron chi connectivity index (χ4n) is 11.4. The number of aliphatic hydroxyl groups is 1. The van der Waals surface area contributed by atoms with E-state index in [1.54, 1.807) is 0 Å². The molecule has 0 aromatic heterocycles. The number of rotatable bonds is 73. The van der Waals surface area contributed by atoms with Gasteiger partial charge in [0, 0.05) is 25.7 Å². The summed E-state index contributed by atoms with van der Waals surface area (Å²) in [6.07, 6.45) is 51.3. The van der Waals surface area contributed by atoms with E-state index in [1.165, 1.54) is 186 Å². The zero-order valence-electron chi connectivity index (χ0n) is 61.4. The van der Waals surface area contributed by atoms with Crippen LogP contribution in [-0.2, 0) is 65.4 Å². The lowest BCUT2D eigenvalue weighted by atomic mass is 9.99. The Morgan fingerprint density at radius 2 is 0.543 bits per heavy atom. The molecule has 0 fully saturated rings. The van der Waals surface area contributed by atoms with Crippen molar-refractivity contribution < 1.29 is 80.2 Å². The minimum atomic E-state index is -4.96. The Bertz CT molecular complexity index is 1840. The van der Waals surface area contributed by atoms with Crippen LogP contribution in [0.15, 0.2) is 0 Å². The Labute approximate surface area is 575 Å². The highest BCUT2D eigenvalue weighted by molar-refractivity contribution is 7.47. The predicted molar refractivity (Wildman–Crippen MR) is 381 cm³/mol. The van der Waals surface area contributed by atoms with Crippen molar-refractivity contribution in [3.8, 4) is 0 Å². The number of ether oxygens (including phenoxy) is 4. The Hall–Kier alpha value is -1.94. The van der Waals surface area contributed by atoms with Crippen molar-refractivity contribution in [3.63, 3.8) is 0 Å². The van der Waals surface area contributed by atoms with Crippen molar-refractivity contribution in [1.82, 2.24) is 0 Å². The highest BCUT2D eigenvalue weighted by atomic mass is 31.2. The van der Waals surface area contributed by atoms with Crippen LogP contribution in [0.25, 0.3) is 0 Å². The molecule has 0 aliphatic carbocycles. The van der Waals surface area contributed by atoms with Crippen LogP contribution >= 0.6 is 15.6 Å². The van der Waals surface area contributed by atoms with Crippen LogP contribution in [0.1, 0.15) is 382 Å². The Morgan fingerprint density at radius 1 is 0.309 bits per heavy atom. The first-order valence-corrected chi connectivity index (χ1v) is 41.9. The van der Waals surface area contributed by atoms with Gasteiger partial charge in [-0.3, -0.25) is 37.3 Å². The molecule has 0 aromatic rings. The van der Waals surface area contributed by atoms with Gasteiger partial charge in [0.2, 0.25) is 0 Å². The second kappa shape index (κ2) is 65.7. The van der Waals surface area contributed by atoms with Crippen molar-refractivity contribution in [2.24, 2.45) is 17.8 Å². The molecular weight excluding hydrogens is 1230 g/mol. The molecule has 7 atom stereocenters. The normalized spacial score (nSPS) is 14.7. The lowest BCUT2D eigenvalue weighted by Crippen LogP contribution is -2.30. The zero-order chi connectivity index (χ0) is 69.4. The van der Waals surface area contributed by atoms with Crippen molar-refractivity contribution in [3.05, 3.63) is 0 Å². The third-order valence-electron chi connectivity index (χ3n) is 18.1. The molecule has 4 unspecified atom stereocenters. The van der Waals surface area contributed by atoms with Crippen LogP contribution < -0.4 is 0 Å². The van der Waals surface area contributed by atoms with E-state index >= 15 is 0 Å². The summed E-state index contributed by atoms with van der Waals surface area (Å²) in [5.74, 6) is 0.150. The Balaban J connectivity index is 5.25. The Morgan fingerprint density at radius 3 is 0.809 bits per heavy atom. The van der Waals surface area contributed by atoms with Gasteiger partial charge in [-0.1, -0.05) is 331 Å². The number of hydrogen-bond donors (Lipinski definition) is 3. The number of esters is 4. The maximum atomic E-state index is 13.1. The van der Waals surface area contributed by atoms with E-state index in [2.05, 4.69) is 48.5 Å². The molecule has 0 radical (unpaired) electrons. The highest BCUT2D eigenvalue weighted by Crippen LogP contribution is 2.45. The smallest absolute Gasteiger partial charge is 0.462 e. The van der Waals surface area contributed by atoms with Crippen molar-refractivity contribution >= 4 is 39.5 Å². The molecule has 0 heterocycles. The van der Waals surface area contributed by atoms with E-state index in [4.69, 9.17) is 37.0 Å². The second-order valence-electron chi connectivity index (χ2n) is 28.0. The molecule has 0 aromatic carbocycles. The lowest BCUT2D eigenvalue weighted by Gasteiger charge is -2.21. The van der Waals surface area contributed by atoms with Crippen LogP contribution in [0.5, 0.6) is 0 Å². The topological polar surface area (TPSA) is 237 Å². The fraction of sp³-hybridized carbons (Fsp3) is 0.947. The van der Waals surface area contributed by atoms with E-state index in [0.717, 1.165) is 114 Å². The van der Waals surface area contributed by atoms with Crippen LogP contribution in [0.2, 0.25) is 0 Å². The van der Waals surface area contributed by atoms with E-state index < -0.39 is 97.5 Å². The van der Waals surface area contributed by atoms with Crippen molar-refractivity contribution in [2.45, 2.75) is 401 Å².